The second kappa shape index (κ2) is 8.74. The molecule has 4 nitrogen and oxygen atoms in total. The molecule has 1 rings (SSSR count). The molecule has 0 aromatic heterocycles. The first kappa shape index (κ1) is 18.4. The Kier molecular flexibility index (Phi) is 7.67. The van der Waals surface area contributed by atoms with E-state index in [0.717, 1.165) is 44.2 Å². The Bertz CT molecular complexity index is 312. The van der Waals surface area contributed by atoms with Gasteiger partial charge in [-0.15, -0.1) is 0 Å². The van der Waals surface area contributed by atoms with Gasteiger partial charge in [0.15, 0.2) is 0 Å². The van der Waals surface area contributed by atoms with Crippen molar-refractivity contribution in [3.05, 3.63) is 0 Å². The number of aliphatic carboxylic acids is 1. The standard InChI is InChI=1S/C17H34N2O2/c1-5-9-18-17(4,16(20)21)8-6-7-10-19-12-14(2)11-15(3)13-19/h14-15,18H,5-13H2,1-4H3,(H,20,21). The number of unbranched alkanes of at least 4 members (excludes halogenated alkanes) is 1. The lowest BCUT2D eigenvalue weighted by Crippen LogP contribution is -2.49. The van der Waals surface area contributed by atoms with Crippen molar-refractivity contribution in [2.24, 2.45) is 11.8 Å². The molecule has 2 N–H and O–H groups in total. The number of hydrogen-bond acceptors (Lipinski definition) is 3. The van der Waals surface area contributed by atoms with Gasteiger partial charge in [-0.1, -0.05) is 20.8 Å². The van der Waals surface area contributed by atoms with Gasteiger partial charge in [0.25, 0.3) is 0 Å². The fraction of sp³-hybridized carbons (Fsp3) is 0.941. The van der Waals surface area contributed by atoms with Crippen molar-refractivity contribution in [1.29, 1.82) is 0 Å². The smallest absolute Gasteiger partial charge is 0.323 e. The van der Waals surface area contributed by atoms with Gasteiger partial charge in [0.1, 0.15) is 5.54 Å². The molecule has 0 aromatic rings. The largest absolute Gasteiger partial charge is 0.480 e. The molecule has 0 aliphatic carbocycles. The van der Waals surface area contributed by atoms with Crippen LogP contribution < -0.4 is 5.32 Å². The minimum absolute atomic E-state index is 0.710. The minimum atomic E-state index is -0.765. The van der Waals surface area contributed by atoms with Crippen LogP contribution in [-0.2, 0) is 4.79 Å². The molecule has 4 heteroatoms. The van der Waals surface area contributed by atoms with E-state index in [0.29, 0.717) is 6.42 Å². The van der Waals surface area contributed by atoms with E-state index in [2.05, 4.69) is 31.0 Å². The average molecular weight is 298 g/mol. The van der Waals surface area contributed by atoms with Crippen LogP contribution in [0.4, 0.5) is 0 Å². The Morgan fingerprint density at radius 3 is 2.43 bits per heavy atom. The highest BCUT2D eigenvalue weighted by atomic mass is 16.4. The molecule has 3 atom stereocenters. The summed E-state index contributed by atoms with van der Waals surface area (Å²) in [7, 11) is 0. The van der Waals surface area contributed by atoms with Crippen molar-refractivity contribution in [1.82, 2.24) is 10.2 Å². The maximum atomic E-state index is 11.4. The van der Waals surface area contributed by atoms with Gasteiger partial charge in [-0.05, 0) is 64.0 Å². The van der Waals surface area contributed by atoms with Gasteiger partial charge in [-0.2, -0.15) is 0 Å². The molecule has 1 heterocycles. The number of hydrogen-bond donors (Lipinski definition) is 2. The van der Waals surface area contributed by atoms with E-state index >= 15 is 0 Å². The molecule has 0 amide bonds. The van der Waals surface area contributed by atoms with Crippen molar-refractivity contribution in [3.8, 4) is 0 Å². The summed E-state index contributed by atoms with van der Waals surface area (Å²) in [4.78, 5) is 14.0. The third-order valence-electron chi connectivity index (χ3n) is 4.58. The summed E-state index contributed by atoms with van der Waals surface area (Å²) in [5, 5.41) is 12.6. The van der Waals surface area contributed by atoms with E-state index in [4.69, 9.17) is 0 Å². The fourth-order valence-corrected chi connectivity index (χ4v) is 3.46. The van der Waals surface area contributed by atoms with Crippen molar-refractivity contribution < 1.29 is 9.90 Å². The Balaban J connectivity index is 2.29. The summed E-state index contributed by atoms with van der Waals surface area (Å²) in [6.07, 6.45) is 5.08. The zero-order chi connectivity index (χ0) is 15.9. The van der Waals surface area contributed by atoms with Gasteiger partial charge in [-0.3, -0.25) is 4.79 Å². The van der Waals surface area contributed by atoms with E-state index in [1.54, 1.807) is 0 Å². The van der Waals surface area contributed by atoms with Gasteiger partial charge in [-0.25, -0.2) is 0 Å². The Morgan fingerprint density at radius 2 is 1.90 bits per heavy atom. The van der Waals surface area contributed by atoms with Crippen LogP contribution in [0.15, 0.2) is 0 Å². The number of nitrogens with zero attached hydrogens (tertiary/aromatic N) is 1. The van der Waals surface area contributed by atoms with Crippen LogP contribution in [0.3, 0.4) is 0 Å². The molecule has 0 radical (unpaired) electrons. The molecule has 1 aliphatic heterocycles. The zero-order valence-electron chi connectivity index (χ0n) is 14.3. The summed E-state index contributed by atoms with van der Waals surface area (Å²) in [5.41, 5.74) is -0.765. The van der Waals surface area contributed by atoms with E-state index in [1.807, 2.05) is 6.92 Å². The predicted molar refractivity (Wildman–Crippen MR) is 87.6 cm³/mol. The van der Waals surface area contributed by atoms with E-state index in [1.165, 1.54) is 19.5 Å². The van der Waals surface area contributed by atoms with Crippen LogP contribution in [0.2, 0.25) is 0 Å². The lowest BCUT2D eigenvalue weighted by atomic mass is 9.91. The van der Waals surface area contributed by atoms with Crippen LogP contribution in [0.25, 0.3) is 0 Å². The van der Waals surface area contributed by atoms with Crippen LogP contribution in [-0.4, -0.2) is 47.7 Å². The monoisotopic (exact) mass is 298 g/mol. The summed E-state index contributed by atoms with van der Waals surface area (Å²) in [5.74, 6) is 0.865. The first-order valence-electron chi connectivity index (χ1n) is 8.58. The Morgan fingerprint density at radius 1 is 1.29 bits per heavy atom. The highest BCUT2D eigenvalue weighted by molar-refractivity contribution is 5.78. The second-order valence-corrected chi connectivity index (χ2v) is 7.23. The van der Waals surface area contributed by atoms with Crippen LogP contribution in [0.5, 0.6) is 0 Å². The third kappa shape index (κ3) is 6.35. The Hall–Kier alpha value is -0.610. The summed E-state index contributed by atoms with van der Waals surface area (Å²) in [6, 6.07) is 0. The van der Waals surface area contributed by atoms with Crippen molar-refractivity contribution in [2.75, 3.05) is 26.2 Å². The lowest BCUT2D eigenvalue weighted by Gasteiger charge is -2.35. The SMILES string of the molecule is CCCNC(C)(CCCCN1CC(C)CC(C)C1)C(=O)O. The third-order valence-corrected chi connectivity index (χ3v) is 4.58. The van der Waals surface area contributed by atoms with Gasteiger partial charge in [0.05, 0.1) is 0 Å². The van der Waals surface area contributed by atoms with Crippen LogP contribution >= 0.6 is 0 Å². The molecule has 0 saturated carbocycles. The first-order chi connectivity index (χ1) is 9.87. The normalized spacial score (nSPS) is 26.5. The number of likely N-dealkylation sites (tertiary alicyclic amines) is 1. The molecule has 0 bridgehead atoms. The molecular formula is C17H34N2O2. The second-order valence-electron chi connectivity index (χ2n) is 7.23. The zero-order valence-corrected chi connectivity index (χ0v) is 14.3. The van der Waals surface area contributed by atoms with E-state index < -0.39 is 11.5 Å². The number of nitrogens with one attached hydrogen (secondary N) is 1. The topological polar surface area (TPSA) is 52.6 Å². The number of carboxylic acid groups (broad SMARTS) is 1. The average Bonchev–Trinajstić information content (AvgIpc) is 2.40. The van der Waals surface area contributed by atoms with Gasteiger partial charge in [0, 0.05) is 13.1 Å². The van der Waals surface area contributed by atoms with Crippen molar-refractivity contribution >= 4 is 5.97 Å². The molecule has 0 aromatic carbocycles. The Labute approximate surface area is 130 Å². The fourth-order valence-electron chi connectivity index (χ4n) is 3.46. The number of carboxylic acids is 1. The van der Waals surface area contributed by atoms with E-state index in [9.17, 15) is 9.90 Å². The lowest BCUT2D eigenvalue weighted by molar-refractivity contribution is -0.144. The summed E-state index contributed by atoms with van der Waals surface area (Å²) in [6.45, 7) is 12.8. The molecule has 3 unspecified atom stereocenters. The van der Waals surface area contributed by atoms with Crippen molar-refractivity contribution in [3.63, 3.8) is 0 Å². The molecule has 21 heavy (non-hydrogen) atoms. The number of carbonyl (C=O) groups is 1. The number of rotatable bonds is 9. The number of piperidine rings is 1. The molecule has 1 saturated heterocycles. The highest BCUT2D eigenvalue weighted by Crippen LogP contribution is 2.22. The molecule has 1 fully saturated rings. The summed E-state index contributed by atoms with van der Waals surface area (Å²) >= 11 is 0. The maximum Gasteiger partial charge on any atom is 0.323 e. The molecule has 0 spiro atoms. The van der Waals surface area contributed by atoms with Gasteiger partial charge in [0.2, 0.25) is 0 Å². The minimum Gasteiger partial charge on any atom is -0.480 e. The molecule has 124 valence electrons. The highest BCUT2D eigenvalue weighted by Gasteiger charge is 2.31. The first-order valence-corrected chi connectivity index (χ1v) is 8.58. The quantitative estimate of drug-likeness (QED) is 0.643. The van der Waals surface area contributed by atoms with Crippen LogP contribution in [0, 0.1) is 11.8 Å². The van der Waals surface area contributed by atoms with Crippen molar-refractivity contribution in [2.45, 2.75) is 65.3 Å². The van der Waals surface area contributed by atoms with Gasteiger partial charge < -0.3 is 15.3 Å². The predicted octanol–water partition coefficient (Wildman–Crippen LogP) is 2.98. The van der Waals surface area contributed by atoms with Crippen LogP contribution in [0.1, 0.15) is 59.8 Å². The summed E-state index contributed by atoms with van der Waals surface area (Å²) < 4.78 is 0. The maximum absolute atomic E-state index is 11.4. The van der Waals surface area contributed by atoms with E-state index in [-0.39, 0.29) is 0 Å². The molecule has 1 aliphatic rings. The molecular weight excluding hydrogens is 264 g/mol. The van der Waals surface area contributed by atoms with Gasteiger partial charge >= 0.3 is 5.97 Å².